The topological polar surface area (TPSA) is 98.2 Å². The zero-order valence-electron chi connectivity index (χ0n) is 10.3. The molecule has 2 aromatic rings. The van der Waals surface area contributed by atoms with Crippen LogP contribution in [0.15, 0.2) is 23.7 Å². The molecular formula is C11H13N5O2S. The molecule has 0 spiro atoms. The summed E-state index contributed by atoms with van der Waals surface area (Å²) in [5, 5.41) is 13.0. The second-order valence-electron chi connectivity index (χ2n) is 3.79. The number of hydrogen-bond donors (Lipinski definition) is 1. The Balaban J connectivity index is 2.36. The van der Waals surface area contributed by atoms with Gasteiger partial charge in [-0.15, -0.1) is 11.3 Å². The lowest BCUT2D eigenvalue weighted by molar-refractivity contribution is -0.384. The molecule has 0 unspecified atom stereocenters. The van der Waals surface area contributed by atoms with Crippen LogP contribution in [0.4, 0.5) is 17.5 Å². The van der Waals surface area contributed by atoms with Crippen molar-refractivity contribution in [2.45, 2.75) is 13.5 Å². The Bertz CT molecular complexity index is 572. The van der Waals surface area contributed by atoms with Gasteiger partial charge < -0.3 is 10.6 Å². The summed E-state index contributed by atoms with van der Waals surface area (Å²) in [4.78, 5) is 21.1. The van der Waals surface area contributed by atoms with Crippen LogP contribution in [0.5, 0.6) is 0 Å². The Labute approximate surface area is 113 Å². The van der Waals surface area contributed by atoms with E-state index in [1.165, 1.54) is 0 Å². The summed E-state index contributed by atoms with van der Waals surface area (Å²) in [6.07, 6.45) is 1.15. The van der Waals surface area contributed by atoms with E-state index in [0.717, 1.165) is 11.1 Å². The fourth-order valence-electron chi connectivity index (χ4n) is 1.67. The molecule has 0 fully saturated rings. The predicted molar refractivity (Wildman–Crippen MR) is 74.1 cm³/mol. The second-order valence-corrected chi connectivity index (χ2v) is 4.82. The van der Waals surface area contributed by atoms with Crippen molar-refractivity contribution >= 4 is 28.8 Å². The molecule has 0 amide bonds. The fraction of sp³-hybridized carbons (Fsp3) is 0.273. The molecular weight excluding hydrogens is 266 g/mol. The number of thiophene rings is 1. The fourth-order valence-corrected chi connectivity index (χ4v) is 2.39. The van der Waals surface area contributed by atoms with E-state index < -0.39 is 4.92 Å². The zero-order chi connectivity index (χ0) is 13.8. The molecule has 0 aliphatic carbocycles. The quantitative estimate of drug-likeness (QED) is 0.664. The van der Waals surface area contributed by atoms with E-state index in [2.05, 4.69) is 9.97 Å². The van der Waals surface area contributed by atoms with Gasteiger partial charge in [-0.25, -0.2) is 4.98 Å². The summed E-state index contributed by atoms with van der Waals surface area (Å²) >= 11 is 1.59. The minimum Gasteiger partial charge on any atom is -0.368 e. The molecule has 2 heterocycles. The number of nitrogen functional groups attached to an aromatic ring is 1. The molecule has 19 heavy (non-hydrogen) atoms. The first-order chi connectivity index (χ1) is 9.11. The third-order valence-corrected chi connectivity index (χ3v) is 3.43. The van der Waals surface area contributed by atoms with Crippen LogP contribution in [0.3, 0.4) is 0 Å². The van der Waals surface area contributed by atoms with Gasteiger partial charge >= 0.3 is 5.69 Å². The number of nitrogens with zero attached hydrogens (tertiary/aromatic N) is 4. The molecule has 2 rings (SSSR count). The maximum atomic E-state index is 11.0. The molecule has 2 aromatic heterocycles. The van der Waals surface area contributed by atoms with E-state index in [9.17, 15) is 10.1 Å². The highest BCUT2D eigenvalue weighted by atomic mass is 32.1. The number of anilines is 2. The molecule has 7 nitrogen and oxygen atoms in total. The highest BCUT2D eigenvalue weighted by Crippen LogP contribution is 2.27. The molecule has 0 bridgehead atoms. The van der Waals surface area contributed by atoms with E-state index in [0.29, 0.717) is 13.1 Å². The first kappa shape index (κ1) is 13.2. The van der Waals surface area contributed by atoms with Crippen LogP contribution in [0.1, 0.15) is 11.8 Å². The Morgan fingerprint density at radius 2 is 2.37 bits per heavy atom. The van der Waals surface area contributed by atoms with Gasteiger partial charge in [0, 0.05) is 11.4 Å². The predicted octanol–water partition coefficient (Wildman–Crippen LogP) is 2.05. The molecule has 2 N–H and O–H groups in total. The van der Waals surface area contributed by atoms with Crippen molar-refractivity contribution in [3.8, 4) is 0 Å². The maximum absolute atomic E-state index is 11.0. The van der Waals surface area contributed by atoms with Crippen LogP contribution in [-0.2, 0) is 6.54 Å². The summed E-state index contributed by atoms with van der Waals surface area (Å²) < 4.78 is 0. The maximum Gasteiger partial charge on any atom is 0.329 e. The SMILES string of the molecule is CCN(Cc1cccs1)c1nc(N)ncc1[N+](=O)[O-]. The lowest BCUT2D eigenvalue weighted by Gasteiger charge is -2.20. The van der Waals surface area contributed by atoms with Crippen molar-refractivity contribution in [1.29, 1.82) is 0 Å². The van der Waals surface area contributed by atoms with Crippen molar-refractivity contribution in [3.05, 3.63) is 38.7 Å². The second kappa shape index (κ2) is 5.61. The molecule has 0 atom stereocenters. The zero-order valence-corrected chi connectivity index (χ0v) is 11.1. The molecule has 0 aliphatic heterocycles. The van der Waals surface area contributed by atoms with Crippen molar-refractivity contribution < 1.29 is 4.92 Å². The van der Waals surface area contributed by atoms with Crippen molar-refractivity contribution in [2.75, 3.05) is 17.2 Å². The normalized spacial score (nSPS) is 10.4. The summed E-state index contributed by atoms with van der Waals surface area (Å²) in [5.74, 6) is 0.290. The minimum atomic E-state index is -0.494. The average molecular weight is 279 g/mol. The average Bonchev–Trinajstić information content (AvgIpc) is 2.88. The van der Waals surface area contributed by atoms with Crippen LogP contribution < -0.4 is 10.6 Å². The smallest absolute Gasteiger partial charge is 0.329 e. The van der Waals surface area contributed by atoms with Gasteiger partial charge in [-0.1, -0.05) is 6.07 Å². The molecule has 0 aromatic carbocycles. The summed E-state index contributed by atoms with van der Waals surface area (Å²) in [6.45, 7) is 3.07. The molecule has 100 valence electrons. The van der Waals surface area contributed by atoms with Crippen LogP contribution in [0, 0.1) is 10.1 Å². The first-order valence-electron chi connectivity index (χ1n) is 5.66. The Morgan fingerprint density at radius 1 is 1.58 bits per heavy atom. The third-order valence-electron chi connectivity index (χ3n) is 2.57. The van der Waals surface area contributed by atoms with Crippen LogP contribution in [0.25, 0.3) is 0 Å². The van der Waals surface area contributed by atoms with E-state index in [1.54, 1.807) is 11.3 Å². The monoisotopic (exact) mass is 279 g/mol. The van der Waals surface area contributed by atoms with Crippen LogP contribution in [0.2, 0.25) is 0 Å². The van der Waals surface area contributed by atoms with Crippen LogP contribution in [-0.4, -0.2) is 21.4 Å². The number of nitro groups is 1. The molecule has 0 saturated heterocycles. The Morgan fingerprint density at radius 3 is 2.95 bits per heavy atom. The van der Waals surface area contributed by atoms with Gasteiger partial charge in [0.25, 0.3) is 0 Å². The standard InChI is InChI=1S/C11H13N5O2S/c1-2-15(7-8-4-3-5-19-8)10-9(16(17)18)6-13-11(12)14-10/h3-6H,2,7H2,1H3,(H2,12,13,14). The van der Waals surface area contributed by atoms with Crippen molar-refractivity contribution in [2.24, 2.45) is 0 Å². The lowest BCUT2D eigenvalue weighted by Crippen LogP contribution is -2.24. The summed E-state index contributed by atoms with van der Waals surface area (Å²) in [5.41, 5.74) is 5.39. The van der Waals surface area contributed by atoms with Gasteiger partial charge in [-0.2, -0.15) is 4.98 Å². The highest BCUT2D eigenvalue weighted by molar-refractivity contribution is 7.09. The Hall–Kier alpha value is -2.22. The van der Waals surface area contributed by atoms with E-state index in [-0.39, 0.29) is 17.5 Å². The van der Waals surface area contributed by atoms with Gasteiger partial charge in [0.15, 0.2) is 0 Å². The van der Waals surface area contributed by atoms with Gasteiger partial charge in [-0.3, -0.25) is 10.1 Å². The third kappa shape index (κ3) is 2.97. The van der Waals surface area contributed by atoms with Crippen molar-refractivity contribution in [1.82, 2.24) is 9.97 Å². The summed E-state index contributed by atoms with van der Waals surface area (Å²) in [6, 6.07) is 3.92. The minimum absolute atomic E-state index is 0.0326. The lowest BCUT2D eigenvalue weighted by atomic mass is 10.3. The van der Waals surface area contributed by atoms with Gasteiger partial charge in [0.2, 0.25) is 11.8 Å². The highest BCUT2D eigenvalue weighted by Gasteiger charge is 2.21. The Kier molecular flexibility index (Phi) is 3.91. The molecule has 0 radical (unpaired) electrons. The van der Waals surface area contributed by atoms with Crippen LogP contribution >= 0.6 is 11.3 Å². The van der Waals surface area contributed by atoms with Gasteiger partial charge in [0.1, 0.15) is 6.20 Å². The van der Waals surface area contributed by atoms with E-state index in [1.807, 2.05) is 29.3 Å². The largest absolute Gasteiger partial charge is 0.368 e. The van der Waals surface area contributed by atoms with Crippen molar-refractivity contribution in [3.63, 3.8) is 0 Å². The molecule has 8 heteroatoms. The first-order valence-corrected chi connectivity index (χ1v) is 6.54. The van der Waals surface area contributed by atoms with Gasteiger partial charge in [-0.05, 0) is 18.4 Å². The van der Waals surface area contributed by atoms with Gasteiger partial charge in [0.05, 0.1) is 11.5 Å². The number of hydrogen-bond acceptors (Lipinski definition) is 7. The van der Waals surface area contributed by atoms with E-state index in [4.69, 9.17) is 5.73 Å². The number of rotatable bonds is 5. The van der Waals surface area contributed by atoms with E-state index >= 15 is 0 Å². The number of aromatic nitrogens is 2. The molecule has 0 aliphatic rings. The summed E-state index contributed by atoms with van der Waals surface area (Å²) in [7, 11) is 0. The molecule has 0 saturated carbocycles. The number of nitrogens with two attached hydrogens (primary N) is 1.